The molecule has 1 aromatic rings. The van der Waals surface area contributed by atoms with Gasteiger partial charge in [-0.2, -0.15) is 0 Å². The molecule has 2 amide bonds. The van der Waals surface area contributed by atoms with E-state index in [1.165, 1.54) is 0 Å². The number of halogens is 1. The van der Waals surface area contributed by atoms with Crippen molar-refractivity contribution in [3.05, 3.63) is 28.8 Å². The molecule has 2 N–H and O–H groups in total. The number of ether oxygens (including phenoxy) is 1. The van der Waals surface area contributed by atoms with Gasteiger partial charge in [-0.05, 0) is 30.5 Å². The Morgan fingerprint density at radius 2 is 2.24 bits per heavy atom. The number of nitrogens with two attached hydrogens (primary N) is 1. The van der Waals surface area contributed by atoms with Crippen molar-refractivity contribution in [1.29, 1.82) is 0 Å². The van der Waals surface area contributed by atoms with Crippen LogP contribution in [0.5, 0.6) is 5.75 Å². The Labute approximate surface area is 129 Å². The van der Waals surface area contributed by atoms with Crippen LogP contribution < -0.4 is 10.5 Å². The third-order valence-electron chi connectivity index (χ3n) is 3.79. The fourth-order valence-electron chi connectivity index (χ4n) is 2.49. The Bertz CT molecular complexity index is 548. The van der Waals surface area contributed by atoms with Crippen LogP contribution in [0.25, 0.3) is 0 Å². The number of nitrogens with zero attached hydrogens (tertiary/aromatic N) is 1. The van der Waals surface area contributed by atoms with Gasteiger partial charge in [0.1, 0.15) is 5.75 Å². The Morgan fingerprint density at radius 3 is 2.81 bits per heavy atom. The van der Waals surface area contributed by atoms with E-state index in [0.717, 1.165) is 5.56 Å². The Morgan fingerprint density at radius 1 is 1.48 bits per heavy atom. The molecule has 114 valence electrons. The third kappa shape index (κ3) is 3.88. The second kappa shape index (κ2) is 6.80. The van der Waals surface area contributed by atoms with E-state index in [9.17, 15) is 9.59 Å². The molecule has 1 heterocycles. The van der Waals surface area contributed by atoms with Crippen molar-refractivity contribution in [3.63, 3.8) is 0 Å². The predicted octanol–water partition coefficient (Wildman–Crippen LogP) is 1.61. The number of benzene rings is 1. The maximum absolute atomic E-state index is 12.1. The summed E-state index contributed by atoms with van der Waals surface area (Å²) in [5.74, 6) is 0.137. The average Bonchev–Trinajstić information content (AvgIpc) is 2.95. The molecule has 1 atom stereocenters. The van der Waals surface area contributed by atoms with E-state index in [1.807, 2.05) is 12.1 Å². The summed E-state index contributed by atoms with van der Waals surface area (Å²) in [7, 11) is 1.56. The fourth-order valence-corrected chi connectivity index (χ4v) is 2.77. The molecule has 1 aliphatic heterocycles. The van der Waals surface area contributed by atoms with Gasteiger partial charge in [0.2, 0.25) is 11.8 Å². The SMILES string of the molecule is COc1ccc(CCC(=O)N2CCC(C(N)=O)C2)cc1Cl. The highest BCUT2D eigenvalue weighted by molar-refractivity contribution is 6.32. The molecule has 21 heavy (non-hydrogen) atoms. The first kappa shape index (κ1) is 15.6. The van der Waals surface area contributed by atoms with Crippen molar-refractivity contribution in [3.8, 4) is 5.75 Å². The maximum Gasteiger partial charge on any atom is 0.222 e. The standard InChI is InChI=1S/C15H19ClN2O3/c1-21-13-4-2-10(8-12(13)16)3-5-14(19)18-7-6-11(9-18)15(17)20/h2,4,8,11H,3,5-7,9H2,1H3,(H2,17,20). The first-order valence-electron chi connectivity index (χ1n) is 6.90. The zero-order chi connectivity index (χ0) is 15.4. The number of methoxy groups -OCH3 is 1. The van der Waals surface area contributed by atoms with E-state index in [-0.39, 0.29) is 17.7 Å². The summed E-state index contributed by atoms with van der Waals surface area (Å²) in [5, 5.41) is 0.539. The molecular weight excluding hydrogens is 292 g/mol. The van der Waals surface area contributed by atoms with Gasteiger partial charge in [-0.3, -0.25) is 9.59 Å². The van der Waals surface area contributed by atoms with Gasteiger partial charge < -0.3 is 15.4 Å². The third-order valence-corrected chi connectivity index (χ3v) is 4.08. The molecule has 5 nitrogen and oxygen atoms in total. The molecule has 6 heteroatoms. The van der Waals surface area contributed by atoms with Gasteiger partial charge in [0, 0.05) is 19.5 Å². The largest absolute Gasteiger partial charge is 0.495 e. The molecule has 2 rings (SSSR count). The molecule has 1 fully saturated rings. The van der Waals surface area contributed by atoms with Crippen molar-refractivity contribution in [1.82, 2.24) is 4.90 Å². The Hall–Kier alpha value is -1.75. The van der Waals surface area contributed by atoms with Gasteiger partial charge in [-0.15, -0.1) is 0 Å². The molecule has 0 aliphatic carbocycles. The molecule has 0 spiro atoms. The predicted molar refractivity (Wildman–Crippen MR) is 80.2 cm³/mol. The van der Waals surface area contributed by atoms with Crippen molar-refractivity contribution < 1.29 is 14.3 Å². The van der Waals surface area contributed by atoms with Crippen molar-refractivity contribution in [2.45, 2.75) is 19.3 Å². The summed E-state index contributed by atoms with van der Waals surface area (Å²) >= 11 is 6.05. The summed E-state index contributed by atoms with van der Waals surface area (Å²) in [6.45, 7) is 1.05. The summed E-state index contributed by atoms with van der Waals surface area (Å²) < 4.78 is 5.09. The fraction of sp³-hybridized carbons (Fsp3) is 0.467. The van der Waals surface area contributed by atoms with Crippen LogP contribution in [0.2, 0.25) is 5.02 Å². The van der Waals surface area contributed by atoms with Crippen LogP contribution in [-0.4, -0.2) is 36.9 Å². The number of rotatable bonds is 5. The zero-order valence-electron chi connectivity index (χ0n) is 12.0. The molecule has 0 radical (unpaired) electrons. The molecule has 1 aromatic carbocycles. The molecule has 1 unspecified atom stereocenters. The van der Waals surface area contributed by atoms with Gasteiger partial charge in [0.25, 0.3) is 0 Å². The van der Waals surface area contributed by atoms with Gasteiger partial charge in [-0.1, -0.05) is 17.7 Å². The minimum absolute atomic E-state index is 0.0469. The van der Waals surface area contributed by atoms with E-state index in [1.54, 1.807) is 18.1 Å². The van der Waals surface area contributed by atoms with Gasteiger partial charge in [-0.25, -0.2) is 0 Å². The van der Waals surface area contributed by atoms with Crippen molar-refractivity contribution in [2.24, 2.45) is 11.7 Å². The van der Waals surface area contributed by atoms with Crippen LogP contribution in [0.15, 0.2) is 18.2 Å². The maximum atomic E-state index is 12.1. The van der Waals surface area contributed by atoms with Gasteiger partial charge in [0.15, 0.2) is 0 Å². The lowest BCUT2D eigenvalue weighted by Crippen LogP contribution is -2.31. The number of aryl methyl sites for hydroxylation is 1. The van der Waals surface area contributed by atoms with Crippen LogP contribution in [-0.2, 0) is 16.0 Å². The second-order valence-corrected chi connectivity index (χ2v) is 5.60. The lowest BCUT2D eigenvalue weighted by molar-refractivity contribution is -0.130. The number of carbonyl (C=O) groups excluding carboxylic acids is 2. The Balaban J connectivity index is 1.87. The van der Waals surface area contributed by atoms with Crippen LogP contribution in [0, 0.1) is 5.92 Å². The number of carbonyl (C=O) groups is 2. The molecule has 0 bridgehead atoms. The van der Waals surface area contributed by atoms with Gasteiger partial charge >= 0.3 is 0 Å². The quantitative estimate of drug-likeness (QED) is 0.898. The topological polar surface area (TPSA) is 72.6 Å². The number of amides is 2. The van der Waals surface area contributed by atoms with Crippen LogP contribution in [0.1, 0.15) is 18.4 Å². The highest BCUT2D eigenvalue weighted by Crippen LogP contribution is 2.25. The minimum Gasteiger partial charge on any atom is -0.495 e. The lowest BCUT2D eigenvalue weighted by atomic mass is 10.1. The Kier molecular flexibility index (Phi) is 5.07. The number of hydrogen-bond acceptors (Lipinski definition) is 3. The van der Waals surface area contributed by atoms with E-state index in [4.69, 9.17) is 22.1 Å². The van der Waals surface area contributed by atoms with E-state index < -0.39 is 0 Å². The molecular formula is C15H19ClN2O3. The monoisotopic (exact) mass is 310 g/mol. The smallest absolute Gasteiger partial charge is 0.222 e. The molecule has 1 aliphatic rings. The van der Waals surface area contributed by atoms with E-state index in [2.05, 4.69) is 0 Å². The van der Waals surface area contributed by atoms with E-state index >= 15 is 0 Å². The first-order valence-corrected chi connectivity index (χ1v) is 7.28. The zero-order valence-corrected chi connectivity index (χ0v) is 12.7. The van der Waals surface area contributed by atoms with Gasteiger partial charge in [0.05, 0.1) is 18.1 Å². The molecule has 0 aromatic heterocycles. The van der Waals surface area contributed by atoms with Crippen molar-refractivity contribution >= 4 is 23.4 Å². The normalized spacial score (nSPS) is 17.8. The summed E-state index contributed by atoms with van der Waals surface area (Å²) in [6.07, 6.45) is 1.67. The lowest BCUT2D eigenvalue weighted by Gasteiger charge is -2.16. The number of likely N-dealkylation sites (tertiary alicyclic amines) is 1. The number of hydrogen-bond donors (Lipinski definition) is 1. The summed E-state index contributed by atoms with van der Waals surface area (Å²) in [6, 6.07) is 5.50. The number of primary amides is 1. The summed E-state index contributed by atoms with van der Waals surface area (Å²) in [5.41, 5.74) is 6.25. The van der Waals surface area contributed by atoms with Crippen LogP contribution in [0.3, 0.4) is 0 Å². The molecule has 0 saturated carbocycles. The van der Waals surface area contributed by atoms with E-state index in [0.29, 0.717) is 43.1 Å². The van der Waals surface area contributed by atoms with Crippen molar-refractivity contribution in [2.75, 3.05) is 20.2 Å². The van der Waals surface area contributed by atoms with Crippen LogP contribution in [0.4, 0.5) is 0 Å². The minimum atomic E-state index is -0.327. The molecule has 1 saturated heterocycles. The average molecular weight is 311 g/mol. The van der Waals surface area contributed by atoms with Crippen LogP contribution >= 0.6 is 11.6 Å². The first-order chi connectivity index (χ1) is 10.0. The highest BCUT2D eigenvalue weighted by atomic mass is 35.5. The second-order valence-electron chi connectivity index (χ2n) is 5.20. The highest BCUT2D eigenvalue weighted by Gasteiger charge is 2.29. The summed E-state index contributed by atoms with van der Waals surface area (Å²) in [4.78, 5) is 24.9.